The minimum absolute atomic E-state index is 0.0226. The summed E-state index contributed by atoms with van der Waals surface area (Å²) in [5, 5.41) is 9.58. The van der Waals surface area contributed by atoms with Crippen molar-refractivity contribution in [2.75, 3.05) is 18.4 Å². The van der Waals surface area contributed by atoms with E-state index in [0.717, 1.165) is 37.9 Å². The number of nitrogens with one attached hydrogen (secondary N) is 2. The molecule has 33 heavy (non-hydrogen) atoms. The van der Waals surface area contributed by atoms with Gasteiger partial charge in [-0.25, -0.2) is 9.67 Å². The molecule has 2 N–H and O–H groups in total. The van der Waals surface area contributed by atoms with Gasteiger partial charge >= 0.3 is 11.8 Å². The van der Waals surface area contributed by atoms with Crippen LogP contribution in [0.15, 0.2) is 55.1 Å². The minimum atomic E-state index is -0.837. The van der Waals surface area contributed by atoms with Gasteiger partial charge in [0, 0.05) is 30.2 Å². The molecule has 0 spiro atoms. The third-order valence-corrected chi connectivity index (χ3v) is 5.61. The normalized spacial score (nSPS) is 13.4. The summed E-state index contributed by atoms with van der Waals surface area (Å²) in [6.07, 6.45) is 6.06. The predicted molar refractivity (Wildman–Crippen MR) is 123 cm³/mol. The fourth-order valence-corrected chi connectivity index (χ4v) is 3.80. The summed E-state index contributed by atoms with van der Waals surface area (Å²) >= 11 is 6.04. The van der Waals surface area contributed by atoms with E-state index < -0.39 is 11.8 Å². The highest BCUT2D eigenvalue weighted by molar-refractivity contribution is 6.40. The number of nitrogens with zero attached hydrogens (tertiary/aromatic N) is 4. The number of carbonyl (C=O) groups excluding carboxylic acids is 3. The first-order valence-electron chi connectivity index (χ1n) is 10.6. The molecule has 1 fully saturated rings. The summed E-state index contributed by atoms with van der Waals surface area (Å²) < 4.78 is 1.45. The smallest absolute Gasteiger partial charge is 0.313 e. The van der Waals surface area contributed by atoms with E-state index in [1.54, 1.807) is 36.4 Å². The van der Waals surface area contributed by atoms with Gasteiger partial charge in [0.25, 0.3) is 5.91 Å². The van der Waals surface area contributed by atoms with Gasteiger partial charge < -0.3 is 15.5 Å². The van der Waals surface area contributed by atoms with Crippen molar-refractivity contribution >= 4 is 35.0 Å². The third kappa shape index (κ3) is 5.56. The molecule has 2 aromatic carbocycles. The van der Waals surface area contributed by atoms with Crippen molar-refractivity contribution < 1.29 is 14.4 Å². The first-order valence-corrected chi connectivity index (χ1v) is 11.0. The molecule has 0 bridgehead atoms. The van der Waals surface area contributed by atoms with Gasteiger partial charge in [0.1, 0.15) is 12.7 Å². The molecule has 9 nitrogen and oxygen atoms in total. The molecule has 0 unspecified atom stereocenters. The second-order valence-electron chi connectivity index (χ2n) is 7.69. The highest BCUT2D eigenvalue weighted by Gasteiger charge is 2.19. The van der Waals surface area contributed by atoms with Gasteiger partial charge in [-0.2, -0.15) is 5.10 Å². The van der Waals surface area contributed by atoms with Gasteiger partial charge in [-0.1, -0.05) is 23.7 Å². The number of rotatable bonds is 5. The van der Waals surface area contributed by atoms with Gasteiger partial charge in [0.05, 0.1) is 11.4 Å². The molecule has 3 aromatic rings. The van der Waals surface area contributed by atoms with Crippen LogP contribution < -0.4 is 10.6 Å². The Kier molecular flexibility index (Phi) is 6.99. The van der Waals surface area contributed by atoms with E-state index in [1.165, 1.54) is 23.4 Å². The van der Waals surface area contributed by atoms with Crippen molar-refractivity contribution in [1.29, 1.82) is 0 Å². The molecule has 0 radical (unpaired) electrons. The van der Waals surface area contributed by atoms with Crippen LogP contribution in [0.3, 0.4) is 0 Å². The quantitative estimate of drug-likeness (QED) is 0.562. The summed E-state index contributed by atoms with van der Waals surface area (Å²) in [4.78, 5) is 43.1. The Bertz CT molecular complexity index is 1140. The molecule has 170 valence electrons. The number of carbonyl (C=O) groups is 3. The number of amides is 3. The maximum atomic E-state index is 12.6. The van der Waals surface area contributed by atoms with Gasteiger partial charge in [0.15, 0.2) is 0 Å². The maximum absolute atomic E-state index is 12.6. The average molecular weight is 467 g/mol. The highest BCUT2D eigenvalue weighted by Crippen LogP contribution is 2.24. The molecule has 1 saturated heterocycles. The number of benzene rings is 2. The van der Waals surface area contributed by atoms with Crippen molar-refractivity contribution in [2.45, 2.75) is 25.8 Å². The molecular weight excluding hydrogens is 444 g/mol. The number of hydrogen-bond donors (Lipinski definition) is 2. The zero-order chi connectivity index (χ0) is 23.2. The molecule has 0 atom stereocenters. The number of aromatic nitrogens is 3. The minimum Gasteiger partial charge on any atom is -0.344 e. The van der Waals surface area contributed by atoms with Crippen molar-refractivity contribution in [3.63, 3.8) is 0 Å². The fraction of sp³-hybridized carbons (Fsp3) is 0.261. The first kappa shape index (κ1) is 22.5. The maximum Gasteiger partial charge on any atom is 0.313 e. The highest BCUT2D eigenvalue weighted by atomic mass is 35.5. The van der Waals surface area contributed by atoms with Crippen LogP contribution in [0.4, 0.5) is 5.69 Å². The molecule has 4 rings (SSSR count). The van der Waals surface area contributed by atoms with Crippen LogP contribution in [0.5, 0.6) is 0 Å². The lowest BCUT2D eigenvalue weighted by Crippen LogP contribution is -2.36. The van der Waals surface area contributed by atoms with Crippen molar-refractivity contribution in [3.05, 3.63) is 71.3 Å². The number of piperidine rings is 1. The largest absolute Gasteiger partial charge is 0.344 e. The monoisotopic (exact) mass is 466 g/mol. The molecule has 0 saturated carbocycles. The third-order valence-electron chi connectivity index (χ3n) is 5.38. The fourth-order valence-electron chi connectivity index (χ4n) is 3.63. The van der Waals surface area contributed by atoms with E-state index >= 15 is 0 Å². The zero-order valence-corrected chi connectivity index (χ0v) is 18.6. The summed E-state index contributed by atoms with van der Waals surface area (Å²) in [7, 11) is 0. The Hall–Kier alpha value is -3.72. The first-order chi connectivity index (χ1) is 16.0. The predicted octanol–water partition coefficient (Wildman–Crippen LogP) is 2.80. The SMILES string of the molecule is O=C(NCc1ccc(C(=O)N2CCCCC2)cc1)C(=O)Nc1cc(Cl)ccc1-n1cncn1. The standard InChI is InChI=1S/C23H23ClN6O3/c24-18-8-9-20(30-15-25-14-27-30)19(12-18)28-22(32)21(31)26-13-16-4-6-17(7-5-16)23(33)29-10-2-1-3-11-29/h4-9,12,14-15H,1-3,10-11,13H2,(H,26,31)(H,28,32). The van der Waals surface area contributed by atoms with E-state index in [1.807, 2.05) is 4.90 Å². The van der Waals surface area contributed by atoms with E-state index in [-0.39, 0.29) is 12.5 Å². The summed E-state index contributed by atoms with van der Waals surface area (Å²) in [5.41, 5.74) is 2.24. The molecule has 1 aliphatic rings. The summed E-state index contributed by atoms with van der Waals surface area (Å²) in [6, 6.07) is 11.9. The topological polar surface area (TPSA) is 109 Å². The molecule has 10 heteroatoms. The van der Waals surface area contributed by atoms with E-state index in [9.17, 15) is 14.4 Å². The second kappa shape index (κ2) is 10.3. The van der Waals surface area contributed by atoms with Crippen LogP contribution in [0.1, 0.15) is 35.2 Å². The van der Waals surface area contributed by atoms with Crippen molar-refractivity contribution in [1.82, 2.24) is 25.0 Å². The summed E-state index contributed by atoms with van der Waals surface area (Å²) in [5.74, 6) is -1.61. The summed E-state index contributed by atoms with van der Waals surface area (Å²) in [6.45, 7) is 1.73. The number of anilines is 1. The number of hydrogen-bond acceptors (Lipinski definition) is 5. The van der Waals surface area contributed by atoms with Crippen LogP contribution in [0, 0.1) is 0 Å². The molecule has 0 aliphatic carbocycles. The van der Waals surface area contributed by atoms with Gasteiger partial charge in [-0.15, -0.1) is 0 Å². The van der Waals surface area contributed by atoms with Crippen molar-refractivity contribution in [3.8, 4) is 5.69 Å². The van der Waals surface area contributed by atoms with Crippen LogP contribution in [-0.4, -0.2) is 50.5 Å². The van der Waals surface area contributed by atoms with Crippen LogP contribution >= 0.6 is 11.6 Å². The van der Waals surface area contributed by atoms with Crippen LogP contribution in [0.2, 0.25) is 5.02 Å². The lowest BCUT2D eigenvalue weighted by atomic mass is 10.1. The Labute approximate surface area is 195 Å². The zero-order valence-electron chi connectivity index (χ0n) is 17.8. The second-order valence-corrected chi connectivity index (χ2v) is 8.12. The average Bonchev–Trinajstić information content (AvgIpc) is 3.38. The van der Waals surface area contributed by atoms with E-state index in [4.69, 9.17) is 11.6 Å². The lowest BCUT2D eigenvalue weighted by Gasteiger charge is -2.26. The van der Waals surface area contributed by atoms with E-state index in [0.29, 0.717) is 22.0 Å². The number of halogens is 1. The molecule has 1 aliphatic heterocycles. The molecule has 1 aromatic heterocycles. The Morgan fingerprint density at radius 2 is 1.73 bits per heavy atom. The lowest BCUT2D eigenvalue weighted by molar-refractivity contribution is -0.136. The molecule has 2 heterocycles. The van der Waals surface area contributed by atoms with E-state index in [2.05, 4.69) is 20.7 Å². The Morgan fingerprint density at radius 3 is 2.42 bits per heavy atom. The van der Waals surface area contributed by atoms with Crippen molar-refractivity contribution in [2.24, 2.45) is 0 Å². The van der Waals surface area contributed by atoms with Gasteiger partial charge in [0.2, 0.25) is 0 Å². The Morgan fingerprint density at radius 1 is 0.970 bits per heavy atom. The van der Waals surface area contributed by atoms with Gasteiger partial charge in [-0.3, -0.25) is 14.4 Å². The molecular formula is C23H23ClN6O3. The van der Waals surface area contributed by atoms with Crippen LogP contribution in [0.25, 0.3) is 5.69 Å². The number of likely N-dealkylation sites (tertiary alicyclic amines) is 1. The molecule has 3 amide bonds. The van der Waals surface area contributed by atoms with Crippen LogP contribution in [-0.2, 0) is 16.1 Å². The van der Waals surface area contributed by atoms with Gasteiger partial charge in [-0.05, 0) is 55.2 Å². The Balaban J connectivity index is 1.34.